The average Bonchev–Trinajstić information content (AvgIpc) is 1.67. The van der Waals surface area contributed by atoms with Crippen LogP contribution in [0.15, 0.2) is 0 Å². The zero-order chi connectivity index (χ0) is 79.0. The highest BCUT2D eigenvalue weighted by molar-refractivity contribution is 5.70. The smallest absolute Gasteiger partial charge is 0.414 e. The molecule has 616 valence electrons. The summed E-state index contributed by atoms with van der Waals surface area (Å²) in [5, 5.41) is 0. The lowest BCUT2D eigenvalue weighted by Crippen LogP contribution is -2.55. The fourth-order valence-corrected chi connectivity index (χ4v) is 11.2. The molecular weight excluding hydrogens is 1370 g/mol. The number of carbonyl (C=O) groups excluding carboxylic acids is 6. The minimum atomic E-state index is -3.43. The number of alkyl halides is 2. The van der Waals surface area contributed by atoms with E-state index in [-0.39, 0.29) is 78.4 Å². The monoisotopic (exact) mass is 1510 g/mol. The summed E-state index contributed by atoms with van der Waals surface area (Å²) in [5.41, 5.74) is -0.619. The summed E-state index contributed by atoms with van der Waals surface area (Å²) in [4.78, 5) is 94.1. The third kappa shape index (κ3) is 39.8. The van der Waals surface area contributed by atoms with Gasteiger partial charge in [-0.1, -0.05) is 13.8 Å². The molecule has 7 aliphatic rings. The van der Waals surface area contributed by atoms with Gasteiger partial charge in [-0.15, -0.1) is 0 Å². The van der Waals surface area contributed by atoms with Gasteiger partial charge in [0.1, 0.15) is 11.2 Å². The van der Waals surface area contributed by atoms with Gasteiger partial charge < -0.3 is 86.2 Å². The molecule has 1 aliphatic carbocycles. The highest BCUT2D eigenvalue weighted by Gasteiger charge is 2.44. The van der Waals surface area contributed by atoms with Gasteiger partial charge in [0.25, 0.3) is 0 Å². The van der Waals surface area contributed by atoms with Crippen molar-refractivity contribution in [2.24, 2.45) is 5.92 Å². The number of halogens is 2. The quantitative estimate of drug-likeness (QED) is 0.0839. The number of ether oxygens (including phenoxy) is 12. The standard InChI is InChI=1S/C13H24N2O3.2C13H26N2O3.C12H24N2O3.C11H20F2N2O3.C11H22N2O3/c1-4-17-10-11-9-15(8-7-14(11)3)12(16)18-13(2)5-6-13;1-6-17-10-11-9-15(8-7-14(11)5)12(16)18-13(2,3)4;1-5-17-10-12-8-15(7-6-14(12)4)13(16)18-9-11(2)3;1-5-16-9-11-8-14(7-6-13(11)4)12(15)17-10(2)3;1-4-17-8-9-7-15(6-5-14(9)3)10(16)18-11(2,12)13;1-4-15-9-10-8-13(7-6-12(10)3)11(14)16-5-2/h11H,4-10H2,1-3H3;11H,6-10H2,1-5H3;11-12H,5-10H2,1-4H3;10-11H,5-9H2,1-4H3;9H,4-8H2,1-3H3;10H,4-9H2,1-3H3. The number of hydrogen-bond acceptors (Lipinski definition) is 24. The predicted molar refractivity (Wildman–Crippen MR) is 399 cm³/mol. The lowest BCUT2D eigenvalue weighted by Gasteiger charge is -2.39. The van der Waals surface area contributed by atoms with Crippen LogP contribution < -0.4 is 0 Å². The van der Waals surface area contributed by atoms with Crippen LogP contribution in [0.2, 0.25) is 0 Å². The number of carbonyl (C=O) groups is 6. The predicted octanol–water partition coefficient (Wildman–Crippen LogP) is 7.70. The fourth-order valence-electron chi connectivity index (χ4n) is 11.2. The molecule has 6 aliphatic heterocycles. The summed E-state index contributed by atoms with van der Waals surface area (Å²) >= 11 is 0. The SMILES string of the molecule is CCOCC1CN(C(=O)OC(C)(C)C)CCN1C.CCOCC1CN(C(=O)OC(C)(F)F)CCN1C.CCOCC1CN(C(=O)OC(C)C)CCN1C.CCOCC1CN(C(=O)OC2(C)CC2)CCN1C.CCOCC1CN(C(=O)OCC(C)C)CCN1C.CCOCC1CN(C(=O)OCC)CCN1C. The van der Waals surface area contributed by atoms with E-state index in [2.05, 4.69) is 64.5 Å². The molecule has 105 heavy (non-hydrogen) atoms. The van der Waals surface area contributed by atoms with E-state index < -0.39 is 17.8 Å². The highest BCUT2D eigenvalue weighted by Crippen LogP contribution is 2.39. The van der Waals surface area contributed by atoms with E-state index >= 15 is 0 Å². The van der Waals surface area contributed by atoms with E-state index in [4.69, 9.17) is 52.1 Å². The van der Waals surface area contributed by atoms with Crippen molar-refractivity contribution in [2.75, 3.05) is 253 Å². The van der Waals surface area contributed by atoms with Crippen LogP contribution in [0.1, 0.15) is 124 Å². The molecule has 7 rings (SSSR count). The maximum absolute atomic E-state index is 12.6. The highest BCUT2D eigenvalue weighted by atomic mass is 19.3. The van der Waals surface area contributed by atoms with E-state index in [1.54, 1.807) is 19.6 Å². The van der Waals surface area contributed by atoms with Crippen LogP contribution in [0.25, 0.3) is 0 Å². The van der Waals surface area contributed by atoms with Crippen molar-refractivity contribution in [3.8, 4) is 0 Å². The van der Waals surface area contributed by atoms with Crippen molar-refractivity contribution in [1.29, 1.82) is 0 Å². The van der Waals surface area contributed by atoms with E-state index in [0.717, 1.165) is 71.7 Å². The summed E-state index contributed by atoms with van der Waals surface area (Å²) in [5.74, 6) is 0.376. The van der Waals surface area contributed by atoms with Crippen LogP contribution in [0.3, 0.4) is 0 Å². The summed E-state index contributed by atoms with van der Waals surface area (Å²) in [7, 11) is 12.3. The summed E-state index contributed by atoms with van der Waals surface area (Å²) in [6.45, 7) is 51.3. The number of rotatable bonds is 24. The number of hydrogen-bond donors (Lipinski definition) is 0. The average molecular weight is 1510 g/mol. The minimum absolute atomic E-state index is 0.0109. The first-order chi connectivity index (χ1) is 49.5. The third-order valence-electron chi connectivity index (χ3n) is 18.4. The number of nitrogens with zero attached hydrogens (tertiary/aromatic N) is 12. The lowest BCUT2D eigenvalue weighted by molar-refractivity contribution is -0.190. The van der Waals surface area contributed by atoms with Crippen LogP contribution in [0.4, 0.5) is 37.5 Å². The van der Waals surface area contributed by atoms with Crippen molar-refractivity contribution in [3.63, 3.8) is 0 Å². The van der Waals surface area contributed by atoms with Gasteiger partial charge in [-0.3, -0.25) is 29.4 Å². The molecule has 0 bridgehead atoms. The molecule has 6 unspecified atom stereocenters. The topological polar surface area (TPSA) is 252 Å². The molecule has 0 N–H and O–H groups in total. The molecule has 32 heteroatoms. The molecule has 6 saturated heterocycles. The number of likely N-dealkylation sites (N-methyl/N-ethyl adjacent to an activating group) is 6. The summed E-state index contributed by atoms with van der Waals surface area (Å²) in [6, 6.07) is 1.35. The van der Waals surface area contributed by atoms with Crippen LogP contribution in [-0.2, 0) is 56.8 Å². The number of piperazine rings is 6. The third-order valence-corrected chi connectivity index (χ3v) is 18.4. The zero-order valence-electron chi connectivity index (χ0n) is 68.6. The van der Waals surface area contributed by atoms with Gasteiger partial charge in [0, 0.05) is 164 Å². The molecule has 7 fully saturated rings. The Morgan fingerprint density at radius 1 is 0.371 bits per heavy atom. The van der Waals surface area contributed by atoms with E-state index in [0.29, 0.717) is 164 Å². The Labute approximate surface area is 629 Å². The van der Waals surface area contributed by atoms with Crippen LogP contribution >= 0.6 is 0 Å². The second-order valence-electron chi connectivity index (χ2n) is 29.5. The van der Waals surface area contributed by atoms with Crippen molar-refractivity contribution in [3.05, 3.63) is 0 Å². The number of amides is 6. The largest absolute Gasteiger partial charge is 0.450 e. The van der Waals surface area contributed by atoms with Gasteiger partial charge in [0.15, 0.2) is 0 Å². The Balaban J connectivity index is 0.000000428. The van der Waals surface area contributed by atoms with Gasteiger partial charge in [-0.2, -0.15) is 8.78 Å². The van der Waals surface area contributed by atoms with Crippen LogP contribution in [0, 0.1) is 5.92 Å². The molecule has 1 saturated carbocycles. The molecule has 30 nitrogen and oxygen atoms in total. The molecule has 0 spiro atoms. The minimum Gasteiger partial charge on any atom is -0.450 e. The lowest BCUT2D eigenvalue weighted by atomic mass is 10.2. The van der Waals surface area contributed by atoms with Crippen molar-refractivity contribution in [1.82, 2.24) is 58.8 Å². The van der Waals surface area contributed by atoms with Crippen LogP contribution in [-0.4, -0.2) is 408 Å². The first kappa shape index (κ1) is 96.1. The van der Waals surface area contributed by atoms with E-state index in [1.807, 2.05) is 121 Å². The van der Waals surface area contributed by atoms with Crippen molar-refractivity contribution in [2.45, 2.75) is 183 Å². The van der Waals surface area contributed by atoms with Crippen molar-refractivity contribution >= 4 is 36.6 Å². The molecule has 6 atom stereocenters. The normalized spacial score (nSPS) is 22.8. The molecular formula is C73H142F2N12O18. The molecule has 6 amide bonds. The molecule has 6 heterocycles. The first-order valence-corrected chi connectivity index (χ1v) is 38.3. The Bertz CT molecular complexity index is 2300. The van der Waals surface area contributed by atoms with Gasteiger partial charge >= 0.3 is 42.7 Å². The Morgan fingerprint density at radius 3 is 0.867 bits per heavy atom. The fraction of sp³-hybridized carbons (Fsp3) is 0.918. The second kappa shape index (κ2) is 50.7. The van der Waals surface area contributed by atoms with E-state index in [9.17, 15) is 37.5 Å². The summed E-state index contributed by atoms with van der Waals surface area (Å²) in [6.07, 6.45) is -3.49. The Kier molecular flexibility index (Phi) is 46.4. The maximum atomic E-state index is 12.6. The molecule has 0 aromatic carbocycles. The van der Waals surface area contributed by atoms with E-state index in [1.165, 1.54) is 4.90 Å². The molecule has 0 radical (unpaired) electrons. The second-order valence-corrected chi connectivity index (χ2v) is 29.5. The maximum Gasteiger partial charge on any atom is 0.414 e. The van der Waals surface area contributed by atoms with Crippen LogP contribution in [0.5, 0.6) is 0 Å². The van der Waals surface area contributed by atoms with Gasteiger partial charge in [0.2, 0.25) is 0 Å². The Morgan fingerprint density at radius 2 is 0.629 bits per heavy atom. The first-order valence-electron chi connectivity index (χ1n) is 38.3. The van der Waals surface area contributed by atoms with Crippen molar-refractivity contribution < 1.29 is 94.4 Å². The van der Waals surface area contributed by atoms with Gasteiger partial charge in [-0.05, 0) is 151 Å². The van der Waals surface area contributed by atoms with Gasteiger partial charge in [0.05, 0.1) is 95.2 Å². The zero-order valence-corrected chi connectivity index (χ0v) is 68.6. The summed E-state index contributed by atoms with van der Waals surface area (Å²) < 4.78 is 88.1. The molecule has 0 aromatic heterocycles. The molecule has 0 aromatic rings. The Hall–Kier alpha value is -5.00. The van der Waals surface area contributed by atoms with Gasteiger partial charge in [-0.25, -0.2) is 28.8 Å².